The van der Waals surface area contributed by atoms with Gasteiger partial charge in [0.05, 0.1) is 0 Å². The molecule has 0 aliphatic rings. The quantitative estimate of drug-likeness (QED) is 0.768. The minimum absolute atomic E-state index is 0.194. The summed E-state index contributed by atoms with van der Waals surface area (Å²) in [5.41, 5.74) is 6.29. The molecule has 1 rings (SSSR count). The fraction of sp³-hybridized carbons (Fsp3) is 0.222. The Balaban J connectivity index is 2.76. The summed E-state index contributed by atoms with van der Waals surface area (Å²) in [5.74, 6) is -1.16. The smallest absolute Gasteiger partial charge is 0.0433 e. The average molecular weight is 199 g/mol. The number of carboxylic acid groups (broad SMARTS) is 1. The molecule has 2 N–H and O–H groups in total. The van der Waals surface area contributed by atoms with E-state index in [-0.39, 0.29) is 6.42 Å². The molecule has 0 aliphatic carbocycles. The Morgan fingerprint density at radius 1 is 1.62 bits per heavy atom. The van der Waals surface area contributed by atoms with Gasteiger partial charge in [-0.1, -0.05) is 23.7 Å². The van der Waals surface area contributed by atoms with E-state index in [9.17, 15) is 9.90 Å². The van der Waals surface area contributed by atoms with E-state index in [0.29, 0.717) is 10.6 Å². The van der Waals surface area contributed by atoms with Crippen molar-refractivity contribution in [1.82, 2.24) is 0 Å². The molecule has 0 saturated carbocycles. The van der Waals surface area contributed by atoms with Crippen LogP contribution in [0.5, 0.6) is 0 Å². The third-order valence-corrected chi connectivity index (χ3v) is 1.90. The van der Waals surface area contributed by atoms with Crippen LogP contribution in [0.25, 0.3) is 0 Å². The van der Waals surface area contributed by atoms with E-state index in [1.165, 1.54) is 0 Å². The van der Waals surface area contributed by atoms with E-state index < -0.39 is 12.0 Å². The zero-order valence-corrected chi connectivity index (χ0v) is 7.62. The number of nitrogens with two attached hydrogens (primary N) is 1. The van der Waals surface area contributed by atoms with Crippen molar-refractivity contribution in [2.24, 2.45) is 5.73 Å². The molecule has 0 saturated heterocycles. The third-order valence-electron chi connectivity index (χ3n) is 1.66. The lowest BCUT2D eigenvalue weighted by molar-refractivity contribution is -0.306. The molecule has 1 aromatic rings. The molecule has 3 nitrogen and oxygen atoms in total. The van der Waals surface area contributed by atoms with E-state index in [2.05, 4.69) is 0 Å². The molecule has 0 radical (unpaired) electrons. The molecule has 1 aromatic carbocycles. The maximum Gasteiger partial charge on any atom is 0.0433 e. The van der Waals surface area contributed by atoms with Gasteiger partial charge in [-0.3, -0.25) is 0 Å². The first kappa shape index (κ1) is 10.0. The number of hydrogen-bond acceptors (Lipinski definition) is 3. The lowest BCUT2D eigenvalue weighted by Crippen LogP contribution is -2.27. The van der Waals surface area contributed by atoms with E-state index in [1.807, 2.05) is 0 Å². The monoisotopic (exact) mass is 198 g/mol. The highest BCUT2D eigenvalue weighted by atomic mass is 35.5. The molecule has 1 unspecified atom stereocenters. The van der Waals surface area contributed by atoms with Crippen molar-refractivity contribution in [3.05, 3.63) is 34.9 Å². The van der Waals surface area contributed by atoms with Crippen LogP contribution in [0.1, 0.15) is 18.0 Å². The molecular formula is C9H9ClNO2-. The van der Waals surface area contributed by atoms with Gasteiger partial charge in [0.1, 0.15) is 0 Å². The number of carbonyl (C=O) groups excluding carboxylic acids is 1. The average Bonchev–Trinajstić information content (AvgIpc) is 2.03. The number of rotatable bonds is 3. The summed E-state index contributed by atoms with van der Waals surface area (Å²) in [5, 5.41) is 10.8. The van der Waals surface area contributed by atoms with Crippen molar-refractivity contribution in [2.75, 3.05) is 0 Å². The number of carboxylic acids is 1. The van der Waals surface area contributed by atoms with Crippen molar-refractivity contribution >= 4 is 17.6 Å². The number of carbonyl (C=O) groups is 1. The van der Waals surface area contributed by atoms with Gasteiger partial charge in [-0.15, -0.1) is 0 Å². The zero-order valence-electron chi connectivity index (χ0n) is 6.87. The Kier molecular flexibility index (Phi) is 3.28. The van der Waals surface area contributed by atoms with Crippen LogP contribution in [0, 0.1) is 0 Å². The molecule has 0 heterocycles. The fourth-order valence-corrected chi connectivity index (χ4v) is 1.23. The molecule has 0 fully saturated rings. The van der Waals surface area contributed by atoms with Gasteiger partial charge < -0.3 is 15.6 Å². The van der Waals surface area contributed by atoms with Crippen LogP contribution in [0.2, 0.25) is 5.02 Å². The lowest BCUT2D eigenvalue weighted by atomic mass is 10.1. The van der Waals surface area contributed by atoms with Gasteiger partial charge >= 0.3 is 0 Å². The summed E-state index contributed by atoms with van der Waals surface area (Å²) >= 11 is 5.71. The molecule has 0 spiro atoms. The molecule has 70 valence electrons. The van der Waals surface area contributed by atoms with Crippen LogP contribution in [-0.2, 0) is 4.79 Å². The maximum absolute atomic E-state index is 10.2. The summed E-state index contributed by atoms with van der Waals surface area (Å²) in [6, 6.07) is 6.27. The van der Waals surface area contributed by atoms with Gasteiger partial charge in [0.2, 0.25) is 0 Å². The number of aliphatic carboxylic acids is 1. The van der Waals surface area contributed by atoms with Crippen molar-refractivity contribution in [3.8, 4) is 0 Å². The molecule has 0 aliphatic heterocycles. The Labute approximate surface area is 81.1 Å². The van der Waals surface area contributed by atoms with Crippen LogP contribution >= 0.6 is 11.6 Å². The SMILES string of the molecule is NC(CC(=O)[O-])c1cccc(Cl)c1. The van der Waals surface area contributed by atoms with Crippen molar-refractivity contribution in [2.45, 2.75) is 12.5 Å². The minimum Gasteiger partial charge on any atom is -0.550 e. The minimum atomic E-state index is -1.16. The summed E-state index contributed by atoms with van der Waals surface area (Å²) in [6.07, 6.45) is -0.194. The number of hydrogen-bond donors (Lipinski definition) is 1. The van der Waals surface area contributed by atoms with Gasteiger partial charge in [0.15, 0.2) is 0 Å². The molecule has 0 bridgehead atoms. The standard InChI is InChI=1S/C9H10ClNO2/c10-7-3-1-2-6(4-7)8(11)5-9(12)13/h1-4,8H,5,11H2,(H,12,13)/p-1. The number of benzene rings is 1. The van der Waals surface area contributed by atoms with Gasteiger partial charge in [-0.2, -0.15) is 0 Å². The summed E-state index contributed by atoms with van der Waals surface area (Å²) in [6.45, 7) is 0. The predicted octanol–water partition coefficient (Wildman–Crippen LogP) is 0.480. The second-order valence-electron chi connectivity index (χ2n) is 2.74. The first-order valence-electron chi connectivity index (χ1n) is 3.80. The Hall–Kier alpha value is -1.06. The van der Waals surface area contributed by atoms with Gasteiger partial charge in [0.25, 0.3) is 0 Å². The van der Waals surface area contributed by atoms with Crippen LogP contribution in [0.3, 0.4) is 0 Å². The molecule has 0 amide bonds. The third kappa shape index (κ3) is 3.05. The first-order chi connectivity index (χ1) is 6.09. The molecule has 4 heteroatoms. The Morgan fingerprint density at radius 3 is 2.85 bits per heavy atom. The largest absolute Gasteiger partial charge is 0.550 e. The second-order valence-corrected chi connectivity index (χ2v) is 3.17. The topological polar surface area (TPSA) is 66.2 Å². The van der Waals surface area contributed by atoms with E-state index in [1.54, 1.807) is 24.3 Å². The fourth-order valence-electron chi connectivity index (χ4n) is 1.03. The Morgan fingerprint density at radius 2 is 2.31 bits per heavy atom. The van der Waals surface area contributed by atoms with Gasteiger partial charge in [0, 0.05) is 23.5 Å². The van der Waals surface area contributed by atoms with Gasteiger partial charge in [-0.05, 0) is 17.7 Å². The first-order valence-corrected chi connectivity index (χ1v) is 4.18. The molecule has 1 atom stereocenters. The Bertz CT molecular complexity index is 314. The van der Waals surface area contributed by atoms with E-state index >= 15 is 0 Å². The van der Waals surface area contributed by atoms with Crippen LogP contribution in [0.4, 0.5) is 0 Å². The summed E-state index contributed by atoms with van der Waals surface area (Å²) < 4.78 is 0. The van der Waals surface area contributed by atoms with E-state index in [0.717, 1.165) is 0 Å². The second kappa shape index (κ2) is 4.25. The van der Waals surface area contributed by atoms with Crippen LogP contribution < -0.4 is 10.8 Å². The number of halogens is 1. The predicted molar refractivity (Wildman–Crippen MR) is 48.0 cm³/mol. The summed E-state index contributed by atoms with van der Waals surface area (Å²) in [7, 11) is 0. The molecule has 13 heavy (non-hydrogen) atoms. The van der Waals surface area contributed by atoms with Crippen LogP contribution in [-0.4, -0.2) is 5.97 Å². The van der Waals surface area contributed by atoms with E-state index in [4.69, 9.17) is 17.3 Å². The van der Waals surface area contributed by atoms with Crippen molar-refractivity contribution in [3.63, 3.8) is 0 Å². The molecule has 0 aromatic heterocycles. The highest BCUT2D eigenvalue weighted by Crippen LogP contribution is 2.17. The lowest BCUT2D eigenvalue weighted by Gasteiger charge is -2.12. The maximum atomic E-state index is 10.2. The van der Waals surface area contributed by atoms with Gasteiger partial charge in [-0.25, -0.2) is 0 Å². The normalized spacial score (nSPS) is 12.5. The summed E-state index contributed by atoms with van der Waals surface area (Å²) in [4.78, 5) is 10.2. The zero-order chi connectivity index (χ0) is 9.84. The highest BCUT2D eigenvalue weighted by Gasteiger charge is 2.05. The van der Waals surface area contributed by atoms with Crippen molar-refractivity contribution < 1.29 is 9.90 Å². The van der Waals surface area contributed by atoms with Crippen LogP contribution in [0.15, 0.2) is 24.3 Å². The molecular weight excluding hydrogens is 190 g/mol. The van der Waals surface area contributed by atoms with Crippen molar-refractivity contribution in [1.29, 1.82) is 0 Å². The highest BCUT2D eigenvalue weighted by molar-refractivity contribution is 6.30.